The zero-order chi connectivity index (χ0) is 17.2. The minimum atomic E-state index is -0.597. The van der Waals surface area contributed by atoms with Crippen LogP contribution in [0.3, 0.4) is 0 Å². The predicted octanol–water partition coefficient (Wildman–Crippen LogP) is 2.04. The molecule has 1 aromatic carbocycles. The highest BCUT2D eigenvalue weighted by atomic mass is 16.6. The third kappa shape index (κ3) is 6.86. The number of nitrogens with zero attached hydrogens (tertiary/aromatic N) is 1. The number of hydrogen-bond acceptors (Lipinski definition) is 5. The lowest BCUT2D eigenvalue weighted by atomic mass is 10.3. The SMILES string of the molecule is C=C(C)CN(CC)C(=O)COC(=O)COc1ccc(OC)cc1. The highest BCUT2D eigenvalue weighted by Gasteiger charge is 2.14. The maximum Gasteiger partial charge on any atom is 0.344 e. The molecule has 0 saturated heterocycles. The fourth-order valence-corrected chi connectivity index (χ4v) is 1.79. The summed E-state index contributed by atoms with van der Waals surface area (Å²) in [6, 6.07) is 6.81. The molecule has 0 unspecified atom stereocenters. The minimum absolute atomic E-state index is 0.256. The summed E-state index contributed by atoms with van der Waals surface area (Å²) in [5.74, 6) is 0.364. The zero-order valence-corrected chi connectivity index (χ0v) is 13.8. The predicted molar refractivity (Wildman–Crippen MR) is 86.5 cm³/mol. The van der Waals surface area contributed by atoms with Crippen molar-refractivity contribution in [3.05, 3.63) is 36.4 Å². The molecule has 0 heterocycles. The number of rotatable bonds is 9. The van der Waals surface area contributed by atoms with Crippen LogP contribution < -0.4 is 9.47 Å². The maximum absolute atomic E-state index is 11.9. The van der Waals surface area contributed by atoms with E-state index in [1.807, 2.05) is 13.8 Å². The van der Waals surface area contributed by atoms with Gasteiger partial charge >= 0.3 is 5.97 Å². The van der Waals surface area contributed by atoms with Gasteiger partial charge in [-0.1, -0.05) is 12.2 Å². The number of methoxy groups -OCH3 is 1. The summed E-state index contributed by atoms with van der Waals surface area (Å²) in [5, 5.41) is 0. The second-order valence-electron chi connectivity index (χ2n) is 4.99. The Balaban J connectivity index is 2.35. The van der Waals surface area contributed by atoms with Crippen molar-refractivity contribution in [3.63, 3.8) is 0 Å². The van der Waals surface area contributed by atoms with Crippen LogP contribution in [-0.2, 0) is 14.3 Å². The quantitative estimate of drug-likeness (QED) is 0.514. The number of carbonyl (C=O) groups is 2. The Labute approximate surface area is 136 Å². The Kier molecular flexibility index (Phi) is 7.66. The van der Waals surface area contributed by atoms with Gasteiger partial charge in [-0.3, -0.25) is 4.79 Å². The molecule has 1 aromatic rings. The molecule has 0 atom stereocenters. The number of likely N-dealkylation sites (N-methyl/N-ethyl adjacent to an activating group) is 1. The van der Waals surface area contributed by atoms with Gasteiger partial charge in [0.05, 0.1) is 7.11 Å². The highest BCUT2D eigenvalue weighted by Crippen LogP contribution is 2.16. The summed E-state index contributed by atoms with van der Waals surface area (Å²) in [7, 11) is 1.57. The molecule has 23 heavy (non-hydrogen) atoms. The molecule has 6 heteroatoms. The van der Waals surface area contributed by atoms with Gasteiger partial charge in [0.25, 0.3) is 5.91 Å². The second-order valence-corrected chi connectivity index (χ2v) is 4.99. The van der Waals surface area contributed by atoms with Crippen LogP contribution in [0.15, 0.2) is 36.4 Å². The minimum Gasteiger partial charge on any atom is -0.497 e. The summed E-state index contributed by atoms with van der Waals surface area (Å²) in [6.45, 7) is 7.89. The van der Waals surface area contributed by atoms with Gasteiger partial charge in [0.1, 0.15) is 11.5 Å². The molecule has 1 amide bonds. The number of esters is 1. The molecule has 0 saturated carbocycles. The van der Waals surface area contributed by atoms with Crippen LogP contribution in [0, 0.1) is 0 Å². The van der Waals surface area contributed by atoms with Crippen molar-refractivity contribution in [1.29, 1.82) is 0 Å². The van der Waals surface area contributed by atoms with Crippen LogP contribution in [0.25, 0.3) is 0 Å². The summed E-state index contributed by atoms with van der Waals surface area (Å²) >= 11 is 0. The van der Waals surface area contributed by atoms with Crippen molar-refractivity contribution in [2.24, 2.45) is 0 Å². The smallest absolute Gasteiger partial charge is 0.344 e. The van der Waals surface area contributed by atoms with Gasteiger partial charge in [0, 0.05) is 13.1 Å². The molecule has 0 spiro atoms. The molecule has 0 bridgehead atoms. The Bertz CT molecular complexity index is 538. The molecule has 0 aliphatic heterocycles. The Morgan fingerprint density at radius 2 is 1.74 bits per heavy atom. The van der Waals surface area contributed by atoms with E-state index in [4.69, 9.17) is 14.2 Å². The molecular weight excluding hydrogens is 298 g/mol. The lowest BCUT2D eigenvalue weighted by molar-refractivity contribution is -0.153. The second kappa shape index (κ2) is 9.50. The average Bonchev–Trinajstić information content (AvgIpc) is 2.55. The third-order valence-electron chi connectivity index (χ3n) is 2.97. The fourth-order valence-electron chi connectivity index (χ4n) is 1.79. The molecule has 0 N–H and O–H groups in total. The number of carbonyl (C=O) groups excluding carboxylic acids is 2. The van der Waals surface area contributed by atoms with Crippen molar-refractivity contribution in [2.75, 3.05) is 33.4 Å². The van der Waals surface area contributed by atoms with E-state index in [0.29, 0.717) is 24.6 Å². The lowest BCUT2D eigenvalue weighted by Crippen LogP contribution is -2.36. The summed E-state index contributed by atoms with van der Waals surface area (Å²) < 4.78 is 15.2. The van der Waals surface area contributed by atoms with Gasteiger partial charge < -0.3 is 19.1 Å². The molecule has 0 aliphatic rings. The summed E-state index contributed by atoms with van der Waals surface area (Å²) in [6.07, 6.45) is 0. The van der Waals surface area contributed by atoms with E-state index in [0.717, 1.165) is 5.57 Å². The summed E-state index contributed by atoms with van der Waals surface area (Å²) in [5.41, 5.74) is 0.870. The van der Waals surface area contributed by atoms with Crippen LogP contribution >= 0.6 is 0 Å². The molecular formula is C17H23NO5. The van der Waals surface area contributed by atoms with E-state index in [1.54, 1.807) is 36.3 Å². The van der Waals surface area contributed by atoms with Crippen molar-refractivity contribution >= 4 is 11.9 Å². The van der Waals surface area contributed by atoms with E-state index in [2.05, 4.69) is 6.58 Å². The van der Waals surface area contributed by atoms with E-state index in [-0.39, 0.29) is 19.1 Å². The average molecular weight is 321 g/mol. The van der Waals surface area contributed by atoms with Gasteiger partial charge in [-0.15, -0.1) is 0 Å². The number of benzene rings is 1. The topological polar surface area (TPSA) is 65.1 Å². The van der Waals surface area contributed by atoms with Crippen LogP contribution in [-0.4, -0.2) is 50.2 Å². The number of hydrogen-bond donors (Lipinski definition) is 0. The lowest BCUT2D eigenvalue weighted by Gasteiger charge is -2.20. The van der Waals surface area contributed by atoms with Crippen LogP contribution in [0.4, 0.5) is 0 Å². The molecule has 0 aliphatic carbocycles. The van der Waals surface area contributed by atoms with Crippen LogP contribution in [0.1, 0.15) is 13.8 Å². The summed E-state index contributed by atoms with van der Waals surface area (Å²) in [4.78, 5) is 25.1. The maximum atomic E-state index is 11.9. The molecule has 126 valence electrons. The first-order chi connectivity index (χ1) is 11.0. The van der Waals surface area contributed by atoms with Gasteiger partial charge in [-0.05, 0) is 38.1 Å². The number of amides is 1. The van der Waals surface area contributed by atoms with Crippen molar-refractivity contribution in [2.45, 2.75) is 13.8 Å². The van der Waals surface area contributed by atoms with Gasteiger partial charge in [-0.25, -0.2) is 4.79 Å². The zero-order valence-electron chi connectivity index (χ0n) is 13.8. The normalized spacial score (nSPS) is 9.87. The van der Waals surface area contributed by atoms with E-state index < -0.39 is 5.97 Å². The van der Waals surface area contributed by atoms with Crippen LogP contribution in [0.2, 0.25) is 0 Å². The van der Waals surface area contributed by atoms with Gasteiger partial charge in [-0.2, -0.15) is 0 Å². The number of ether oxygens (including phenoxy) is 3. The molecule has 6 nitrogen and oxygen atoms in total. The van der Waals surface area contributed by atoms with Gasteiger partial charge in [0.15, 0.2) is 13.2 Å². The molecule has 0 radical (unpaired) electrons. The van der Waals surface area contributed by atoms with E-state index >= 15 is 0 Å². The van der Waals surface area contributed by atoms with E-state index in [1.165, 1.54) is 0 Å². The first-order valence-corrected chi connectivity index (χ1v) is 7.30. The largest absolute Gasteiger partial charge is 0.497 e. The van der Waals surface area contributed by atoms with Crippen molar-refractivity contribution in [1.82, 2.24) is 4.90 Å². The highest BCUT2D eigenvalue weighted by molar-refractivity contribution is 5.81. The van der Waals surface area contributed by atoms with E-state index in [9.17, 15) is 9.59 Å². The Hall–Kier alpha value is -2.50. The fraction of sp³-hybridized carbons (Fsp3) is 0.412. The standard InChI is InChI=1S/C17H23NO5/c1-5-18(10-13(2)3)16(19)11-23-17(20)12-22-15-8-6-14(21-4)7-9-15/h6-9H,2,5,10-12H2,1,3-4H3. The van der Waals surface area contributed by atoms with Crippen molar-refractivity contribution < 1.29 is 23.8 Å². The first-order valence-electron chi connectivity index (χ1n) is 7.30. The monoisotopic (exact) mass is 321 g/mol. The van der Waals surface area contributed by atoms with Gasteiger partial charge in [0.2, 0.25) is 0 Å². The third-order valence-corrected chi connectivity index (χ3v) is 2.97. The van der Waals surface area contributed by atoms with Crippen LogP contribution in [0.5, 0.6) is 11.5 Å². The Morgan fingerprint density at radius 3 is 2.26 bits per heavy atom. The first kappa shape index (κ1) is 18.5. The Morgan fingerprint density at radius 1 is 1.13 bits per heavy atom. The molecule has 0 aromatic heterocycles. The molecule has 0 fully saturated rings. The van der Waals surface area contributed by atoms with Crippen molar-refractivity contribution in [3.8, 4) is 11.5 Å². The molecule has 1 rings (SSSR count).